The first-order valence-electron chi connectivity index (χ1n) is 9.17. The highest BCUT2D eigenvalue weighted by molar-refractivity contribution is 7.99. The van der Waals surface area contributed by atoms with Crippen molar-refractivity contribution in [2.24, 2.45) is 16.7 Å². The average molecular weight is 367 g/mol. The van der Waals surface area contributed by atoms with Crippen molar-refractivity contribution in [2.45, 2.75) is 64.2 Å². The van der Waals surface area contributed by atoms with Crippen molar-refractivity contribution in [1.29, 1.82) is 0 Å². The van der Waals surface area contributed by atoms with Gasteiger partial charge in [0.1, 0.15) is 6.33 Å². The summed E-state index contributed by atoms with van der Waals surface area (Å²) in [5.74, 6) is 1.23. The topological polar surface area (TPSA) is 69.0 Å². The first-order valence-corrected chi connectivity index (χ1v) is 10.2. The molecule has 1 aromatic heterocycles. The van der Waals surface area contributed by atoms with E-state index in [1.165, 1.54) is 24.6 Å². The maximum absolute atomic E-state index is 12.5. The molecule has 3 unspecified atom stereocenters. The molecular weight excluding hydrogens is 336 g/mol. The van der Waals surface area contributed by atoms with E-state index in [0.717, 1.165) is 30.5 Å². The van der Waals surface area contributed by atoms with E-state index in [2.05, 4.69) is 36.3 Å². The van der Waals surface area contributed by atoms with Gasteiger partial charge in [-0.2, -0.15) is 0 Å². The van der Waals surface area contributed by atoms with Gasteiger partial charge < -0.3 is 14.6 Å². The second kappa shape index (κ2) is 7.27. The third-order valence-electron chi connectivity index (χ3n) is 6.79. The summed E-state index contributed by atoms with van der Waals surface area (Å²) in [6.45, 7) is 8.61. The van der Waals surface area contributed by atoms with Gasteiger partial charge in [-0.1, -0.05) is 32.5 Å². The maximum atomic E-state index is 12.5. The van der Waals surface area contributed by atoms with Crippen LogP contribution in [0.2, 0.25) is 0 Å². The molecule has 1 heterocycles. The monoisotopic (exact) mass is 366 g/mol. The molecule has 2 aliphatic carbocycles. The largest absolute Gasteiger partial charge is 0.385 e. The summed E-state index contributed by atoms with van der Waals surface area (Å²) in [6.07, 6.45) is 6.26. The number of hydrogen-bond acceptors (Lipinski definition) is 5. The number of fused-ring (bicyclic) bond motifs is 2. The number of aryl methyl sites for hydroxylation is 1. The molecule has 25 heavy (non-hydrogen) atoms. The van der Waals surface area contributed by atoms with Gasteiger partial charge in [0.15, 0.2) is 5.16 Å². The van der Waals surface area contributed by atoms with Crippen LogP contribution in [-0.2, 0) is 16.1 Å². The van der Waals surface area contributed by atoms with E-state index >= 15 is 0 Å². The minimum Gasteiger partial charge on any atom is -0.385 e. The van der Waals surface area contributed by atoms with Crippen LogP contribution in [0.25, 0.3) is 0 Å². The van der Waals surface area contributed by atoms with Gasteiger partial charge in [0, 0.05) is 26.3 Å². The lowest BCUT2D eigenvalue weighted by atomic mass is 9.69. The average Bonchev–Trinajstić information content (AvgIpc) is 3.15. The van der Waals surface area contributed by atoms with Gasteiger partial charge in [0.25, 0.3) is 0 Å². The Morgan fingerprint density at radius 2 is 2.28 bits per heavy atom. The van der Waals surface area contributed by atoms with Gasteiger partial charge in [-0.15, -0.1) is 10.2 Å². The summed E-state index contributed by atoms with van der Waals surface area (Å²) in [5.41, 5.74) is 0.539. The zero-order valence-electron chi connectivity index (χ0n) is 15.7. The Kier molecular flexibility index (Phi) is 5.44. The van der Waals surface area contributed by atoms with Crippen molar-refractivity contribution in [2.75, 3.05) is 19.5 Å². The van der Waals surface area contributed by atoms with Gasteiger partial charge in [0.2, 0.25) is 5.91 Å². The van der Waals surface area contributed by atoms with Crippen LogP contribution in [0.5, 0.6) is 0 Å². The minimum absolute atomic E-state index is 0.103. The predicted molar refractivity (Wildman–Crippen MR) is 98.4 cm³/mol. The van der Waals surface area contributed by atoms with E-state index in [4.69, 9.17) is 4.74 Å². The van der Waals surface area contributed by atoms with E-state index < -0.39 is 0 Å². The highest BCUT2D eigenvalue weighted by Gasteiger charge is 2.61. The number of rotatable bonds is 8. The second-order valence-corrected chi connectivity index (χ2v) is 9.11. The van der Waals surface area contributed by atoms with Crippen LogP contribution in [0, 0.1) is 16.7 Å². The van der Waals surface area contributed by atoms with Gasteiger partial charge in [0.05, 0.1) is 5.75 Å². The third kappa shape index (κ3) is 3.45. The smallest absolute Gasteiger partial charge is 0.230 e. The molecule has 3 atom stereocenters. The molecule has 3 rings (SSSR count). The molecule has 1 N–H and O–H groups in total. The number of nitrogens with one attached hydrogen (secondary N) is 1. The Bertz CT molecular complexity index is 618. The molecule has 0 aromatic carbocycles. The number of nitrogens with zero attached hydrogens (tertiary/aromatic N) is 3. The standard InChI is InChI=1S/C18H30N4O2S/c1-17(2)13-6-7-18(17,3)14(10-13)20-15(23)11-25-16-21-19-12-22(16)8-5-9-24-4/h12-14H,5-11H2,1-4H3,(H,20,23). The molecule has 0 spiro atoms. The van der Waals surface area contributed by atoms with Crippen LogP contribution >= 0.6 is 11.8 Å². The van der Waals surface area contributed by atoms with E-state index in [0.29, 0.717) is 23.8 Å². The van der Waals surface area contributed by atoms with Gasteiger partial charge >= 0.3 is 0 Å². The lowest BCUT2D eigenvalue weighted by molar-refractivity contribution is -0.120. The molecule has 0 radical (unpaired) electrons. The zero-order chi connectivity index (χ0) is 18.1. The minimum atomic E-state index is 0.103. The van der Waals surface area contributed by atoms with Crippen LogP contribution in [0.15, 0.2) is 11.5 Å². The second-order valence-electron chi connectivity index (χ2n) is 8.17. The summed E-state index contributed by atoms with van der Waals surface area (Å²) in [4.78, 5) is 12.5. The first kappa shape index (κ1) is 18.7. The molecule has 7 heteroatoms. The molecule has 1 aromatic rings. The summed E-state index contributed by atoms with van der Waals surface area (Å²) in [7, 11) is 1.70. The van der Waals surface area contributed by atoms with Crippen molar-refractivity contribution in [3.05, 3.63) is 6.33 Å². The van der Waals surface area contributed by atoms with E-state index in [9.17, 15) is 4.79 Å². The fourth-order valence-electron chi connectivity index (χ4n) is 4.68. The highest BCUT2D eigenvalue weighted by atomic mass is 32.2. The van der Waals surface area contributed by atoms with Crippen molar-refractivity contribution in [3.63, 3.8) is 0 Å². The quantitative estimate of drug-likeness (QED) is 0.566. The Balaban J connectivity index is 1.51. The third-order valence-corrected chi connectivity index (χ3v) is 7.77. The molecule has 2 aliphatic rings. The molecule has 1 amide bonds. The number of hydrogen-bond donors (Lipinski definition) is 1. The number of methoxy groups -OCH3 is 1. The van der Waals surface area contributed by atoms with Crippen molar-refractivity contribution in [3.8, 4) is 0 Å². The fraction of sp³-hybridized carbons (Fsp3) is 0.833. The predicted octanol–water partition coefficient (Wildman–Crippen LogP) is 2.74. The van der Waals surface area contributed by atoms with Crippen molar-refractivity contribution < 1.29 is 9.53 Å². The number of aromatic nitrogens is 3. The molecule has 2 fully saturated rings. The van der Waals surface area contributed by atoms with Crippen LogP contribution in [0.4, 0.5) is 0 Å². The summed E-state index contributed by atoms with van der Waals surface area (Å²) in [5, 5.41) is 12.2. The molecule has 140 valence electrons. The Morgan fingerprint density at radius 1 is 1.48 bits per heavy atom. The van der Waals surface area contributed by atoms with Crippen LogP contribution < -0.4 is 5.32 Å². The van der Waals surface area contributed by atoms with E-state index in [1.54, 1.807) is 13.4 Å². The Labute approximate surface area is 154 Å². The van der Waals surface area contributed by atoms with Crippen molar-refractivity contribution >= 4 is 17.7 Å². The Morgan fingerprint density at radius 3 is 2.92 bits per heavy atom. The van der Waals surface area contributed by atoms with Crippen LogP contribution in [0.3, 0.4) is 0 Å². The molecule has 0 saturated heterocycles. The molecule has 6 nitrogen and oxygen atoms in total. The molecule has 2 bridgehead atoms. The summed E-state index contributed by atoms with van der Waals surface area (Å²) >= 11 is 1.46. The number of carbonyl (C=O) groups excluding carboxylic acids is 1. The van der Waals surface area contributed by atoms with Gasteiger partial charge in [-0.25, -0.2) is 0 Å². The lowest BCUT2D eigenvalue weighted by Gasteiger charge is -2.39. The molecule has 2 saturated carbocycles. The lowest BCUT2D eigenvalue weighted by Crippen LogP contribution is -2.47. The summed E-state index contributed by atoms with van der Waals surface area (Å²) in [6, 6.07) is 0.300. The van der Waals surface area contributed by atoms with Crippen molar-refractivity contribution in [1.82, 2.24) is 20.1 Å². The number of amides is 1. The number of carbonyl (C=O) groups is 1. The summed E-state index contributed by atoms with van der Waals surface area (Å²) < 4.78 is 7.06. The fourth-order valence-corrected chi connectivity index (χ4v) is 5.43. The Hall–Kier alpha value is -1.08. The van der Waals surface area contributed by atoms with Crippen LogP contribution in [0.1, 0.15) is 46.5 Å². The molecular formula is C18H30N4O2S. The normalized spacial score (nSPS) is 29.9. The van der Waals surface area contributed by atoms with Gasteiger partial charge in [-0.05, 0) is 42.4 Å². The van der Waals surface area contributed by atoms with Gasteiger partial charge in [-0.3, -0.25) is 4.79 Å². The maximum Gasteiger partial charge on any atom is 0.230 e. The van der Waals surface area contributed by atoms with E-state index in [1.807, 2.05) is 4.57 Å². The van der Waals surface area contributed by atoms with Crippen LogP contribution in [-0.4, -0.2) is 46.2 Å². The number of ether oxygens (including phenoxy) is 1. The highest BCUT2D eigenvalue weighted by Crippen LogP contribution is 2.65. The zero-order valence-corrected chi connectivity index (χ0v) is 16.6. The SMILES string of the molecule is COCCCn1cnnc1SCC(=O)NC1CC2CCC1(C)C2(C)C. The first-order chi connectivity index (χ1) is 11.9. The number of thioether (sulfide) groups is 1. The molecule has 0 aliphatic heterocycles. The van der Waals surface area contributed by atoms with E-state index in [-0.39, 0.29) is 11.3 Å².